The fourth-order valence-corrected chi connectivity index (χ4v) is 3.00. The van der Waals surface area contributed by atoms with Gasteiger partial charge in [-0.25, -0.2) is 0 Å². The molecular weight excluding hydrogens is 310 g/mol. The molecular formula is C22H30NO2+. The summed E-state index contributed by atoms with van der Waals surface area (Å²) in [7, 11) is 0. The summed E-state index contributed by atoms with van der Waals surface area (Å²) < 4.78 is 7.03. The number of quaternary nitrogens is 1. The van der Waals surface area contributed by atoms with Gasteiger partial charge >= 0.3 is 0 Å². The van der Waals surface area contributed by atoms with Crippen LogP contribution >= 0.6 is 0 Å². The highest BCUT2D eigenvalue weighted by molar-refractivity contribution is 5.70. The standard InChI is InChI=1S/C22H29NO2/c1-4-23(5-2,6-3)16-17-25-22-14-12-19(13-15-22)10-11-20-8-7-9-21(24)18-20/h7-15,18H,4-6,16-17H2,1-3H3/p+1/b11-10+. The van der Waals surface area contributed by atoms with E-state index in [1.165, 1.54) is 0 Å². The maximum absolute atomic E-state index is 9.49. The van der Waals surface area contributed by atoms with Gasteiger partial charge in [-0.1, -0.05) is 36.4 Å². The zero-order valence-corrected chi connectivity index (χ0v) is 15.6. The van der Waals surface area contributed by atoms with Crippen LogP contribution < -0.4 is 4.74 Å². The molecule has 3 heteroatoms. The number of ether oxygens (including phenoxy) is 1. The summed E-state index contributed by atoms with van der Waals surface area (Å²) in [5.74, 6) is 1.20. The first-order chi connectivity index (χ1) is 12.1. The molecule has 0 spiro atoms. The molecule has 0 aliphatic carbocycles. The first kappa shape index (κ1) is 19.1. The zero-order valence-electron chi connectivity index (χ0n) is 15.6. The molecule has 0 saturated heterocycles. The minimum atomic E-state index is 0.284. The lowest BCUT2D eigenvalue weighted by Crippen LogP contribution is -2.49. The SMILES string of the molecule is CC[N+](CC)(CC)CCOc1ccc(/C=C/c2cccc(O)c2)cc1. The lowest BCUT2D eigenvalue weighted by atomic mass is 10.1. The molecule has 0 fully saturated rings. The molecule has 0 heterocycles. The number of phenolic OH excluding ortho intramolecular Hbond substituents is 1. The van der Waals surface area contributed by atoms with Crippen molar-refractivity contribution in [2.45, 2.75) is 20.8 Å². The largest absolute Gasteiger partial charge is 0.508 e. The van der Waals surface area contributed by atoms with E-state index in [0.717, 1.165) is 54.1 Å². The lowest BCUT2D eigenvalue weighted by Gasteiger charge is -2.35. The first-order valence-electron chi connectivity index (χ1n) is 9.16. The van der Waals surface area contributed by atoms with Gasteiger partial charge in [0.2, 0.25) is 0 Å². The summed E-state index contributed by atoms with van der Waals surface area (Å²) >= 11 is 0. The van der Waals surface area contributed by atoms with Crippen molar-refractivity contribution in [1.82, 2.24) is 0 Å². The van der Waals surface area contributed by atoms with E-state index in [9.17, 15) is 5.11 Å². The predicted molar refractivity (Wildman–Crippen MR) is 106 cm³/mol. The van der Waals surface area contributed by atoms with Gasteiger partial charge in [0.25, 0.3) is 0 Å². The summed E-state index contributed by atoms with van der Waals surface area (Å²) in [6, 6.07) is 15.4. The van der Waals surface area contributed by atoms with Crippen LogP contribution in [0, 0.1) is 0 Å². The predicted octanol–water partition coefficient (Wildman–Crippen LogP) is 4.82. The van der Waals surface area contributed by atoms with E-state index >= 15 is 0 Å². The van der Waals surface area contributed by atoms with E-state index in [4.69, 9.17) is 4.74 Å². The van der Waals surface area contributed by atoms with E-state index in [1.54, 1.807) is 12.1 Å². The van der Waals surface area contributed by atoms with Gasteiger partial charge in [0.15, 0.2) is 0 Å². The molecule has 1 N–H and O–H groups in total. The van der Waals surface area contributed by atoms with Crippen LogP contribution in [-0.2, 0) is 0 Å². The van der Waals surface area contributed by atoms with Crippen molar-refractivity contribution < 1.29 is 14.3 Å². The van der Waals surface area contributed by atoms with Crippen molar-refractivity contribution in [2.24, 2.45) is 0 Å². The van der Waals surface area contributed by atoms with Crippen LogP contribution in [0.15, 0.2) is 48.5 Å². The Bertz CT molecular complexity index is 664. The summed E-state index contributed by atoms with van der Waals surface area (Å²) in [6.07, 6.45) is 4.02. The van der Waals surface area contributed by atoms with Gasteiger partial charge < -0.3 is 14.3 Å². The Kier molecular flexibility index (Phi) is 7.08. The molecule has 0 saturated carbocycles. The van der Waals surface area contributed by atoms with E-state index < -0.39 is 0 Å². The molecule has 0 amide bonds. The highest BCUT2D eigenvalue weighted by atomic mass is 16.5. The average Bonchev–Trinajstić information content (AvgIpc) is 2.65. The molecule has 2 aromatic rings. The van der Waals surface area contributed by atoms with Gasteiger partial charge in [0, 0.05) is 0 Å². The van der Waals surface area contributed by atoms with Crippen molar-refractivity contribution in [2.75, 3.05) is 32.8 Å². The third-order valence-corrected chi connectivity index (χ3v) is 5.07. The first-order valence-corrected chi connectivity index (χ1v) is 9.16. The van der Waals surface area contributed by atoms with Gasteiger partial charge in [-0.3, -0.25) is 0 Å². The van der Waals surface area contributed by atoms with E-state index in [1.807, 2.05) is 36.4 Å². The molecule has 0 aliphatic heterocycles. The fraction of sp³-hybridized carbons (Fsp3) is 0.364. The van der Waals surface area contributed by atoms with Gasteiger partial charge in [-0.2, -0.15) is 0 Å². The van der Waals surface area contributed by atoms with Crippen LogP contribution in [0.1, 0.15) is 31.9 Å². The lowest BCUT2D eigenvalue weighted by molar-refractivity contribution is -0.923. The molecule has 0 unspecified atom stereocenters. The Morgan fingerprint density at radius 2 is 1.52 bits per heavy atom. The van der Waals surface area contributed by atoms with E-state index in [-0.39, 0.29) is 5.75 Å². The fourth-order valence-electron chi connectivity index (χ4n) is 3.00. The van der Waals surface area contributed by atoms with Crippen molar-refractivity contribution in [3.05, 3.63) is 59.7 Å². The summed E-state index contributed by atoms with van der Waals surface area (Å²) in [4.78, 5) is 0. The molecule has 2 aromatic carbocycles. The maximum atomic E-state index is 9.49. The average molecular weight is 340 g/mol. The van der Waals surface area contributed by atoms with Gasteiger partial charge in [-0.05, 0) is 56.2 Å². The monoisotopic (exact) mass is 340 g/mol. The number of rotatable bonds is 9. The van der Waals surface area contributed by atoms with Crippen LogP contribution in [-0.4, -0.2) is 42.4 Å². The highest BCUT2D eigenvalue weighted by Gasteiger charge is 2.20. The van der Waals surface area contributed by atoms with E-state index in [2.05, 4.69) is 32.9 Å². The Hall–Kier alpha value is -2.26. The number of hydrogen-bond acceptors (Lipinski definition) is 2. The number of benzene rings is 2. The summed E-state index contributed by atoms with van der Waals surface area (Å²) in [5, 5.41) is 9.49. The van der Waals surface area contributed by atoms with Crippen molar-refractivity contribution in [3.8, 4) is 11.5 Å². The summed E-state index contributed by atoms with van der Waals surface area (Å²) in [6.45, 7) is 12.0. The smallest absolute Gasteiger partial charge is 0.137 e. The van der Waals surface area contributed by atoms with Crippen LogP contribution in [0.25, 0.3) is 12.2 Å². The van der Waals surface area contributed by atoms with E-state index in [0.29, 0.717) is 0 Å². The van der Waals surface area contributed by atoms with Crippen molar-refractivity contribution >= 4 is 12.2 Å². The van der Waals surface area contributed by atoms with Crippen molar-refractivity contribution in [1.29, 1.82) is 0 Å². The van der Waals surface area contributed by atoms with Gasteiger partial charge in [-0.15, -0.1) is 0 Å². The number of likely N-dealkylation sites (N-methyl/N-ethyl adjacent to an activating group) is 1. The Morgan fingerprint density at radius 3 is 2.12 bits per heavy atom. The minimum absolute atomic E-state index is 0.284. The van der Waals surface area contributed by atoms with Crippen LogP contribution in [0.4, 0.5) is 0 Å². The molecule has 0 radical (unpaired) electrons. The molecule has 25 heavy (non-hydrogen) atoms. The second-order valence-electron chi connectivity index (χ2n) is 6.36. The molecule has 0 atom stereocenters. The highest BCUT2D eigenvalue weighted by Crippen LogP contribution is 2.17. The number of nitrogens with zero attached hydrogens (tertiary/aromatic N) is 1. The van der Waals surface area contributed by atoms with Gasteiger partial charge in [0.1, 0.15) is 24.7 Å². The molecule has 134 valence electrons. The Balaban J connectivity index is 1.89. The minimum Gasteiger partial charge on any atom is -0.508 e. The molecule has 2 rings (SSSR count). The normalized spacial score (nSPS) is 11.8. The zero-order chi connectivity index (χ0) is 18.1. The van der Waals surface area contributed by atoms with Crippen LogP contribution in [0.5, 0.6) is 11.5 Å². The number of hydrogen-bond donors (Lipinski definition) is 1. The Labute approximate surface area is 151 Å². The summed E-state index contributed by atoms with van der Waals surface area (Å²) in [5.41, 5.74) is 2.09. The van der Waals surface area contributed by atoms with Crippen LogP contribution in [0.2, 0.25) is 0 Å². The molecule has 0 bridgehead atoms. The second kappa shape index (κ2) is 9.28. The van der Waals surface area contributed by atoms with Gasteiger partial charge in [0.05, 0.1) is 19.6 Å². The number of aromatic hydroxyl groups is 1. The Morgan fingerprint density at radius 1 is 0.880 bits per heavy atom. The topological polar surface area (TPSA) is 29.5 Å². The molecule has 0 aromatic heterocycles. The third kappa shape index (κ3) is 5.64. The van der Waals surface area contributed by atoms with Crippen LogP contribution in [0.3, 0.4) is 0 Å². The number of phenols is 1. The second-order valence-corrected chi connectivity index (χ2v) is 6.36. The van der Waals surface area contributed by atoms with Crippen molar-refractivity contribution in [3.63, 3.8) is 0 Å². The maximum Gasteiger partial charge on any atom is 0.137 e. The quantitative estimate of drug-likeness (QED) is 0.524. The molecule has 0 aliphatic rings. The molecule has 3 nitrogen and oxygen atoms in total. The third-order valence-electron chi connectivity index (χ3n) is 5.07.